The van der Waals surface area contributed by atoms with Gasteiger partial charge in [0.15, 0.2) is 11.4 Å². The minimum Gasteiger partial charge on any atom is -0.482 e. The first-order valence-corrected chi connectivity index (χ1v) is 7.81. The Morgan fingerprint density at radius 1 is 1.38 bits per heavy atom. The van der Waals surface area contributed by atoms with Crippen LogP contribution >= 0.6 is 0 Å². The zero-order valence-corrected chi connectivity index (χ0v) is 13.5. The maximum atomic E-state index is 12.5. The van der Waals surface area contributed by atoms with Crippen molar-refractivity contribution in [2.24, 2.45) is 0 Å². The number of pyridine rings is 1. The quantitative estimate of drug-likeness (QED) is 0.626. The molecule has 24 heavy (non-hydrogen) atoms. The third-order valence-corrected chi connectivity index (χ3v) is 4.19. The molecule has 0 spiro atoms. The van der Waals surface area contributed by atoms with E-state index in [0.29, 0.717) is 0 Å². The van der Waals surface area contributed by atoms with Gasteiger partial charge in [-0.1, -0.05) is 36.4 Å². The van der Waals surface area contributed by atoms with Gasteiger partial charge >= 0.3 is 5.97 Å². The van der Waals surface area contributed by atoms with E-state index < -0.39 is 5.97 Å². The van der Waals surface area contributed by atoms with Gasteiger partial charge in [-0.15, -0.1) is 6.58 Å². The number of nitrogens with zero attached hydrogens (tertiary/aromatic N) is 1. The number of allylic oxidation sites excluding steroid dienone is 1. The smallest absolute Gasteiger partial charge is 0.358 e. The highest BCUT2D eigenvalue weighted by molar-refractivity contribution is 5.90. The molecule has 1 unspecified atom stereocenters. The zero-order valence-electron chi connectivity index (χ0n) is 13.5. The highest BCUT2D eigenvalue weighted by Crippen LogP contribution is 2.31. The van der Waals surface area contributed by atoms with Crippen LogP contribution in [0.25, 0.3) is 0 Å². The van der Waals surface area contributed by atoms with Gasteiger partial charge in [0.1, 0.15) is 6.61 Å². The number of carbonyl (C=O) groups is 1. The molecule has 2 heterocycles. The van der Waals surface area contributed by atoms with E-state index in [9.17, 15) is 9.59 Å². The van der Waals surface area contributed by atoms with Gasteiger partial charge in [0.05, 0.1) is 13.2 Å². The highest BCUT2D eigenvalue weighted by Gasteiger charge is 2.30. The summed E-state index contributed by atoms with van der Waals surface area (Å²) in [4.78, 5) is 24.8. The lowest BCUT2D eigenvalue weighted by Crippen LogP contribution is -2.23. The van der Waals surface area contributed by atoms with Crippen molar-refractivity contribution >= 4 is 5.97 Å². The molecule has 3 rings (SSSR count). The summed E-state index contributed by atoms with van der Waals surface area (Å²) in [5, 5.41) is 0. The first-order chi connectivity index (χ1) is 11.7. The van der Waals surface area contributed by atoms with Crippen LogP contribution in [0.2, 0.25) is 0 Å². The summed E-state index contributed by atoms with van der Waals surface area (Å²) in [5.74, 6) is -0.547. The minimum atomic E-state index is -0.578. The second-order valence-corrected chi connectivity index (χ2v) is 5.66. The van der Waals surface area contributed by atoms with Crippen molar-refractivity contribution in [1.82, 2.24) is 4.57 Å². The molecule has 0 saturated heterocycles. The average molecular weight is 325 g/mol. The number of esters is 1. The van der Waals surface area contributed by atoms with Crippen LogP contribution in [-0.4, -0.2) is 17.6 Å². The number of ether oxygens (including phenoxy) is 2. The van der Waals surface area contributed by atoms with E-state index in [1.807, 2.05) is 30.3 Å². The normalized spacial score (nSPS) is 15.6. The van der Waals surface area contributed by atoms with E-state index in [1.54, 1.807) is 10.6 Å². The molecule has 0 fully saturated rings. The molecule has 2 aromatic rings. The molecule has 124 valence electrons. The summed E-state index contributed by atoms with van der Waals surface area (Å²) in [6.45, 7) is 4.03. The van der Waals surface area contributed by atoms with Crippen LogP contribution < -0.4 is 10.2 Å². The number of hydrogen-bond acceptors (Lipinski definition) is 4. The van der Waals surface area contributed by atoms with Crippen LogP contribution in [-0.2, 0) is 17.8 Å². The number of aromatic nitrogens is 1. The maximum Gasteiger partial charge on any atom is 0.358 e. The van der Waals surface area contributed by atoms with Crippen LogP contribution in [0.3, 0.4) is 0 Å². The Morgan fingerprint density at radius 3 is 2.79 bits per heavy atom. The number of rotatable bonds is 5. The molecule has 5 heteroatoms. The number of hydrogen-bond donors (Lipinski definition) is 0. The fraction of sp³-hybridized carbons (Fsp3) is 0.263. The van der Waals surface area contributed by atoms with Crippen molar-refractivity contribution < 1.29 is 14.3 Å². The number of fused-ring (bicyclic) bond motifs is 1. The molecule has 1 atom stereocenters. The van der Waals surface area contributed by atoms with Crippen LogP contribution in [0.1, 0.15) is 34.2 Å². The van der Waals surface area contributed by atoms with Crippen molar-refractivity contribution in [1.29, 1.82) is 0 Å². The molecule has 0 aliphatic carbocycles. The molecule has 1 aliphatic heterocycles. The second kappa shape index (κ2) is 6.74. The Balaban J connectivity index is 2.06. The third-order valence-electron chi connectivity index (χ3n) is 4.19. The average Bonchev–Trinajstić information content (AvgIpc) is 3.02. The Bertz CT molecular complexity index is 823. The predicted octanol–water partition coefficient (Wildman–Crippen LogP) is 2.89. The standard InChI is InChI=1S/C19H19NO4/c1-3-14-9-10-15-11-16(21)18(17(20(14)15)19(22)23-2)24-12-13-7-5-4-6-8-13/h3-8,11,14H,1,9-10,12H2,2H3. The molecule has 0 N–H and O–H groups in total. The molecule has 1 aromatic carbocycles. The fourth-order valence-corrected chi connectivity index (χ4v) is 3.03. The number of aryl methyl sites for hydroxylation is 1. The van der Waals surface area contributed by atoms with E-state index in [1.165, 1.54) is 13.2 Å². The van der Waals surface area contributed by atoms with Crippen molar-refractivity contribution in [3.63, 3.8) is 0 Å². The van der Waals surface area contributed by atoms with Gasteiger partial charge in [0, 0.05) is 11.8 Å². The Hall–Kier alpha value is -2.82. The van der Waals surface area contributed by atoms with Crippen LogP contribution in [0.15, 0.2) is 53.8 Å². The van der Waals surface area contributed by atoms with Crippen molar-refractivity contribution in [3.05, 3.63) is 76.2 Å². The zero-order chi connectivity index (χ0) is 17.1. The molecule has 0 bridgehead atoms. The number of methoxy groups -OCH3 is 1. The van der Waals surface area contributed by atoms with Crippen molar-refractivity contribution in [2.45, 2.75) is 25.5 Å². The maximum absolute atomic E-state index is 12.5. The lowest BCUT2D eigenvalue weighted by atomic mass is 10.2. The Kier molecular flexibility index (Phi) is 4.51. The number of benzene rings is 1. The lowest BCUT2D eigenvalue weighted by Gasteiger charge is -2.19. The third kappa shape index (κ3) is 2.85. The van der Waals surface area contributed by atoms with Crippen LogP contribution in [0.5, 0.6) is 5.75 Å². The van der Waals surface area contributed by atoms with E-state index in [2.05, 4.69) is 6.58 Å². The van der Waals surface area contributed by atoms with E-state index in [4.69, 9.17) is 9.47 Å². The Morgan fingerprint density at radius 2 is 2.12 bits per heavy atom. The minimum absolute atomic E-state index is 0.0307. The highest BCUT2D eigenvalue weighted by atomic mass is 16.5. The summed E-state index contributed by atoms with van der Waals surface area (Å²) in [5.41, 5.74) is 1.58. The molecule has 0 radical (unpaired) electrons. The van der Waals surface area contributed by atoms with Gasteiger partial charge in [-0.05, 0) is 18.4 Å². The summed E-state index contributed by atoms with van der Waals surface area (Å²) in [7, 11) is 1.30. The first kappa shape index (κ1) is 16.1. The Labute approximate surface area is 140 Å². The monoisotopic (exact) mass is 325 g/mol. The van der Waals surface area contributed by atoms with Gasteiger partial charge in [0.25, 0.3) is 0 Å². The van der Waals surface area contributed by atoms with Crippen LogP contribution in [0.4, 0.5) is 0 Å². The first-order valence-electron chi connectivity index (χ1n) is 7.81. The molecule has 0 amide bonds. The summed E-state index contributed by atoms with van der Waals surface area (Å²) >= 11 is 0. The van der Waals surface area contributed by atoms with Gasteiger partial charge in [-0.25, -0.2) is 4.79 Å². The van der Waals surface area contributed by atoms with Crippen LogP contribution in [0, 0.1) is 0 Å². The molecule has 0 saturated carbocycles. The van der Waals surface area contributed by atoms with Gasteiger partial charge in [-0.2, -0.15) is 0 Å². The van der Waals surface area contributed by atoms with Crippen molar-refractivity contribution in [2.75, 3.05) is 7.11 Å². The molecular formula is C19H19NO4. The lowest BCUT2D eigenvalue weighted by molar-refractivity contribution is 0.0579. The largest absolute Gasteiger partial charge is 0.482 e. The second-order valence-electron chi connectivity index (χ2n) is 5.66. The molecule has 5 nitrogen and oxygen atoms in total. The van der Waals surface area contributed by atoms with E-state index in [0.717, 1.165) is 24.1 Å². The van der Waals surface area contributed by atoms with Gasteiger partial charge < -0.3 is 14.0 Å². The van der Waals surface area contributed by atoms with Gasteiger partial charge in [-0.3, -0.25) is 4.79 Å². The van der Waals surface area contributed by atoms with E-state index >= 15 is 0 Å². The molecule has 1 aliphatic rings. The number of carbonyl (C=O) groups excluding carboxylic acids is 1. The summed E-state index contributed by atoms with van der Waals surface area (Å²) in [6, 6.07) is 11.0. The van der Waals surface area contributed by atoms with Gasteiger partial charge in [0.2, 0.25) is 5.43 Å². The SMILES string of the molecule is C=CC1CCc2cc(=O)c(OCc3ccccc3)c(C(=O)OC)n21. The summed E-state index contributed by atoms with van der Waals surface area (Å²) in [6.07, 6.45) is 3.29. The van der Waals surface area contributed by atoms with E-state index in [-0.39, 0.29) is 29.5 Å². The molecular weight excluding hydrogens is 306 g/mol. The van der Waals surface area contributed by atoms with Crippen molar-refractivity contribution in [3.8, 4) is 5.75 Å². The topological polar surface area (TPSA) is 57.5 Å². The summed E-state index contributed by atoms with van der Waals surface area (Å²) < 4.78 is 12.4. The fourth-order valence-electron chi connectivity index (χ4n) is 3.03. The predicted molar refractivity (Wildman–Crippen MR) is 90.4 cm³/mol. The molecule has 1 aromatic heterocycles.